The molecule has 10 heteroatoms. The van der Waals surface area contributed by atoms with Gasteiger partial charge in [-0.3, -0.25) is 9.59 Å². The number of nitrogens with one attached hydrogen (secondary N) is 2. The average molecular weight is 420 g/mol. The Labute approximate surface area is 167 Å². The second kappa shape index (κ2) is 9.30. The summed E-state index contributed by atoms with van der Waals surface area (Å²) in [6.45, 7) is 2.79. The molecule has 0 spiro atoms. The molecule has 0 radical (unpaired) electrons. The summed E-state index contributed by atoms with van der Waals surface area (Å²) in [5, 5.41) is 10.8. The molecule has 2 rings (SSSR count). The van der Waals surface area contributed by atoms with Crippen molar-refractivity contribution >= 4 is 27.9 Å². The highest BCUT2D eigenvalue weighted by molar-refractivity contribution is 7.89. The third kappa shape index (κ3) is 6.13. The fourth-order valence-corrected chi connectivity index (χ4v) is 3.55. The van der Waals surface area contributed by atoms with Crippen molar-refractivity contribution in [3.05, 3.63) is 59.7 Å². The van der Waals surface area contributed by atoms with Gasteiger partial charge >= 0.3 is 11.9 Å². The van der Waals surface area contributed by atoms with Crippen LogP contribution in [0.2, 0.25) is 0 Å². The van der Waals surface area contributed by atoms with Crippen LogP contribution in [0.5, 0.6) is 5.75 Å². The van der Waals surface area contributed by atoms with Gasteiger partial charge in [0.15, 0.2) is 0 Å². The van der Waals surface area contributed by atoms with Crippen LogP contribution in [0.25, 0.3) is 0 Å². The zero-order valence-electron chi connectivity index (χ0n) is 15.7. The standard InChI is InChI=1S/C19H20N2O7S/c1-12(2)21-29(26,27)14-9-7-13(8-10-14)19(25)28-16-6-4-3-5-15(16)18(24)20-11-17(22)23/h3-10,12,21H,11H2,1-2H3,(H,20,24)(H,22,23). The Morgan fingerprint density at radius 2 is 1.66 bits per heavy atom. The first kappa shape index (κ1) is 22.1. The molecule has 154 valence electrons. The molecule has 0 aromatic heterocycles. The van der Waals surface area contributed by atoms with Crippen LogP contribution in [0.4, 0.5) is 0 Å². The van der Waals surface area contributed by atoms with E-state index in [9.17, 15) is 22.8 Å². The minimum atomic E-state index is -3.70. The SMILES string of the molecule is CC(C)NS(=O)(=O)c1ccc(C(=O)Oc2ccccc2C(=O)NCC(=O)O)cc1. The maximum absolute atomic E-state index is 12.4. The molecule has 29 heavy (non-hydrogen) atoms. The van der Waals surface area contributed by atoms with Crippen LogP contribution in [0.1, 0.15) is 34.6 Å². The lowest BCUT2D eigenvalue weighted by Crippen LogP contribution is -2.30. The highest BCUT2D eigenvalue weighted by Gasteiger charge is 2.19. The maximum Gasteiger partial charge on any atom is 0.343 e. The normalized spacial score (nSPS) is 11.1. The molecule has 0 aliphatic carbocycles. The predicted molar refractivity (Wildman–Crippen MR) is 103 cm³/mol. The Hall–Kier alpha value is -3.24. The molecular weight excluding hydrogens is 400 g/mol. The highest BCUT2D eigenvalue weighted by atomic mass is 32.2. The minimum absolute atomic E-state index is 0.00352. The zero-order chi connectivity index (χ0) is 21.6. The van der Waals surface area contributed by atoms with Crippen molar-refractivity contribution in [2.45, 2.75) is 24.8 Å². The predicted octanol–water partition coefficient (Wildman–Crippen LogP) is 1.41. The fourth-order valence-electron chi connectivity index (χ4n) is 2.30. The average Bonchev–Trinajstić information content (AvgIpc) is 2.65. The Morgan fingerprint density at radius 3 is 2.24 bits per heavy atom. The molecule has 0 fully saturated rings. The van der Waals surface area contributed by atoms with Crippen molar-refractivity contribution in [2.24, 2.45) is 0 Å². The quantitative estimate of drug-likeness (QED) is 0.433. The number of aliphatic carboxylic acids is 1. The number of amides is 1. The van der Waals surface area contributed by atoms with Crippen LogP contribution < -0.4 is 14.8 Å². The van der Waals surface area contributed by atoms with E-state index in [0.29, 0.717) is 0 Å². The van der Waals surface area contributed by atoms with Gasteiger partial charge in [0.2, 0.25) is 10.0 Å². The third-order valence-electron chi connectivity index (χ3n) is 3.53. The van der Waals surface area contributed by atoms with Gasteiger partial charge in [0, 0.05) is 6.04 Å². The van der Waals surface area contributed by atoms with Crippen molar-refractivity contribution < 1.29 is 32.6 Å². The van der Waals surface area contributed by atoms with Crippen molar-refractivity contribution in [3.8, 4) is 5.75 Å². The van der Waals surface area contributed by atoms with E-state index in [0.717, 1.165) is 0 Å². The van der Waals surface area contributed by atoms with E-state index in [1.54, 1.807) is 19.9 Å². The van der Waals surface area contributed by atoms with Gasteiger partial charge in [-0.1, -0.05) is 12.1 Å². The molecule has 0 saturated carbocycles. The summed E-state index contributed by atoms with van der Waals surface area (Å²) in [5.74, 6) is -2.78. The van der Waals surface area contributed by atoms with E-state index in [-0.39, 0.29) is 27.8 Å². The highest BCUT2D eigenvalue weighted by Crippen LogP contribution is 2.20. The van der Waals surface area contributed by atoms with Crippen LogP contribution in [0.15, 0.2) is 53.4 Å². The molecule has 0 atom stereocenters. The van der Waals surface area contributed by atoms with Crippen molar-refractivity contribution in [3.63, 3.8) is 0 Å². The van der Waals surface area contributed by atoms with E-state index in [1.165, 1.54) is 42.5 Å². The number of esters is 1. The molecule has 0 bridgehead atoms. The van der Waals surface area contributed by atoms with E-state index < -0.39 is 34.4 Å². The Morgan fingerprint density at radius 1 is 1.03 bits per heavy atom. The van der Waals surface area contributed by atoms with Gasteiger partial charge in [0.25, 0.3) is 5.91 Å². The number of para-hydroxylation sites is 1. The molecule has 0 aliphatic rings. The lowest BCUT2D eigenvalue weighted by Gasteiger charge is -2.11. The van der Waals surface area contributed by atoms with Crippen LogP contribution in [0.3, 0.4) is 0 Å². The Bertz CT molecular complexity index is 1020. The number of ether oxygens (including phenoxy) is 1. The third-order valence-corrected chi connectivity index (χ3v) is 5.20. The van der Waals surface area contributed by atoms with Gasteiger partial charge in [-0.2, -0.15) is 0 Å². The molecule has 2 aromatic carbocycles. The first-order valence-corrected chi connectivity index (χ1v) is 10.0. The summed E-state index contributed by atoms with van der Waals surface area (Å²) in [6, 6.07) is 10.7. The molecule has 9 nitrogen and oxygen atoms in total. The fraction of sp³-hybridized carbons (Fsp3) is 0.211. The summed E-state index contributed by atoms with van der Waals surface area (Å²) >= 11 is 0. The summed E-state index contributed by atoms with van der Waals surface area (Å²) in [4.78, 5) is 35.1. The van der Waals surface area contributed by atoms with Gasteiger partial charge in [-0.15, -0.1) is 0 Å². The Kier molecular flexibility index (Phi) is 7.08. The smallest absolute Gasteiger partial charge is 0.343 e. The number of sulfonamides is 1. The number of carbonyl (C=O) groups is 3. The molecule has 1 amide bonds. The molecule has 3 N–H and O–H groups in total. The maximum atomic E-state index is 12.4. The Balaban J connectivity index is 2.17. The number of benzene rings is 2. The molecule has 0 unspecified atom stereocenters. The van der Waals surface area contributed by atoms with E-state index >= 15 is 0 Å². The first-order chi connectivity index (χ1) is 13.6. The van der Waals surface area contributed by atoms with Crippen molar-refractivity contribution in [1.82, 2.24) is 10.0 Å². The minimum Gasteiger partial charge on any atom is -0.480 e. The lowest BCUT2D eigenvalue weighted by molar-refractivity contribution is -0.135. The van der Waals surface area contributed by atoms with Gasteiger partial charge < -0.3 is 15.2 Å². The lowest BCUT2D eigenvalue weighted by atomic mass is 10.2. The summed E-state index contributed by atoms with van der Waals surface area (Å²) < 4.78 is 31.9. The number of rotatable bonds is 8. The largest absolute Gasteiger partial charge is 0.480 e. The van der Waals surface area contributed by atoms with E-state index in [4.69, 9.17) is 9.84 Å². The van der Waals surface area contributed by atoms with Crippen LogP contribution in [-0.4, -0.2) is 44.0 Å². The zero-order valence-corrected chi connectivity index (χ0v) is 16.5. The first-order valence-electron chi connectivity index (χ1n) is 8.54. The van der Waals surface area contributed by atoms with Crippen molar-refractivity contribution in [2.75, 3.05) is 6.54 Å². The number of carbonyl (C=O) groups excluding carboxylic acids is 2. The van der Waals surface area contributed by atoms with Gasteiger partial charge in [-0.25, -0.2) is 17.9 Å². The topological polar surface area (TPSA) is 139 Å². The summed E-state index contributed by atoms with van der Waals surface area (Å²) in [5.41, 5.74) is 0.0664. The summed E-state index contributed by atoms with van der Waals surface area (Å²) in [7, 11) is -3.70. The number of hydrogen-bond acceptors (Lipinski definition) is 6. The molecule has 0 aliphatic heterocycles. The van der Waals surface area contributed by atoms with Crippen LogP contribution >= 0.6 is 0 Å². The molecule has 2 aromatic rings. The van der Waals surface area contributed by atoms with E-state index in [2.05, 4.69) is 10.0 Å². The number of carboxylic acid groups (broad SMARTS) is 1. The van der Waals surface area contributed by atoms with Crippen molar-refractivity contribution in [1.29, 1.82) is 0 Å². The number of hydrogen-bond donors (Lipinski definition) is 3. The van der Waals surface area contributed by atoms with Gasteiger partial charge in [0.1, 0.15) is 12.3 Å². The second-order valence-corrected chi connectivity index (χ2v) is 7.98. The number of carboxylic acids is 1. The van der Waals surface area contributed by atoms with Crippen LogP contribution in [-0.2, 0) is 14.8 Å². The van der Waals surface area contributed by atoms with Gasteiger partial charge in [0.05, 0.1) is 16.0 Å². The van der Waals surface area contributed by atoms with E-state index in [1.807, 2.05) is 0 Å². The molecule has 0 heterocycles. The monoisotopic (exact) mass is 420 g/mol. The summed E-state index contributed by atoms with van der Waals surface area (Å²) in [6.07, 6.45) is 0. The second-order valence-electron chi connectivity index (χ2n) is 6.26. The van der Waals surface area contributed by atoms with Crippen LogP contribution in [0, 0.1) is 0 Å². The van der Waals surface area contributed by atoms with Gasteiger partial charge in [-0.05, 0) is 50.2 Å². The molecule has 0 saturated heterocycles. The molecular formula is C19H20N2O7S.